The molecule has 4 rings (SSSR count). The summed E-state index contributed by atoms with van der Waals surface area (Å²) in [6, 6.07) is 16.8. The summed E-state index contributed by atoms with van der Waals surface area (Å²) in [7, 11) is -3.71. The van der Waals surface area contributed by atoms with Crippen LogP contribution in [0.1, 0.15) is 40.9 Å². The van der Waals surface area contributed by atoms with E-state index in [9.17, 15) is 13.2 Å². The highest BCUT2D eigenvalue weighted by molar-refractivity contribution is 7.89. The van der Waals surface area contributed by atoms with E-state index in [4.69, 9.17) is 16.0 Å². The molecule has 1 aliphatic carbocycles. The minimum atomic E-state index is -3.71. The Hall–Kier alpha value is -2.61. The van der Waals surface area contributed by atoms with Gasteiger partial charge in [-0.1, -0.05) is 23.7 Å². The molecule has 0 radical (unpaired) electrons. The maximum absolute atomic E-state index is 12.8. The summed E-state index contributed by atoms with van der Waals surface area (Å²) in [4.78, 5) is 12.9. The van der Waals surface area contributed by atoms with Crippen LogP contribution in [0.5, 0.6) is 0 Å². The van der Waals surface area contributed by atoms with Crippen molar-refractivity contribution in [2.75, 3.05) is 0 Å². The van der Waals surface area contributed by atoms with Crippen LogP contribution in [0.2, 0.25) is 5.02 Å². The number of carbonyl (C=O) groups is 1. The van der Waals surface area contributed by atoms with Crippen LogP contribution in [0.3, 0.4) is 0 Å². The van der Waals surface area contributed by atoms with E-state index in [-0.39, 0.29) is 17.3 Å². The predicted molar refractivity (Wildman–Crippen MR) is 114 cm³/mol. The lowest BCUT2D eigenvalue weighted by Crippen LogP contribution is -2.50. The van der Waals surface area contributed by atoms with Crippen molar-refractivity contribution < 1.29 is 17.6 Å². The Bertz CT molecular complexity index is 1120. The van der Waals surface area contributed by atoms with Gasteiger partial charge in [0.05, 0.1) is 23.2 Å². The second-order valence-corrected chi connectivity index (χ2v) is 9.53. The fraction of sp³-hybridized carbons (Fsp3) is 0.227. The van der Waals surface area contributed by atoms with Crippen molar-refractivity contribution in [2.24, 2.45) is 0 Å². The van der Waals surface area contributed by atoms with Gasteiger partial charge < -0.3 is 9.73 Å². The van der Waals surface area contributed by atoms with E-state index in [0.717, 1.165) is 24.8 Å². The Balaban J connectivity index is 1.45. The zero-order valence-corrected chi connectivity index (χ0v) is 17.7. The zero-order chi connectivity index (χ0) is 21.2. The summed E-state index contributed by atoms with van der Waals surface area (Å²) in [6.07, 6.45) is 4.21. The van der Waals surface area contributed by atoms with Crippen molar-refractivity contribution in [3.05, 3.63) is 88.8 Å². The minimum Gasteiger partial charge on any atom is -0.468 e. The number of hydrogen-bond donors (Lipinski definition) is 2. The molecule has 6 nitrogen and oxygen atoms in total. The second kappa shape index (κ2) is 8.26. The molecule has 1 fully saturated rings. The molecule has 0 atom stereocenters. The highest BCUT2D eigenvalue weighted by atomic mass is 35.5. The van der Waals surface area contributed by atoms with Gasteiger partial charge in [0.25, 0.3) is 5.91 Å². The first-order chi connectivity index (χ1) is 14.4. The number of nitrogens with one attached hydrogen (secondary N) is 2. The molecular weight excluding hydrogens is 424 g/mol. The van der Waals surface area contributed by atoms with Crippen molar-refractivity contribution in [3.8, 4) is 0 Å². The summed E-state index contributed by atoms with van der Waals surface area (Å²) in [5, 5.41) is 3.77. The third-order valence-corrected chi connectivity index (χ3v) is 7.07. The lowest BCUT2D eigenvalue weighted by Gasteiger charge is -2.43. The quantitative estimate of drug-likeness (QED) is 0.571. The van der Waals surface area contributed by atoms with Crippen LogP contribution in [0.25, 0.3) is 0 Å². The van der Waals surface area contributed by atoms with Crippen LogP contribution >= 0.6 is 11.6 Å². The SMILES string of the molecule is O=C(NC1(c2ccc(Cl)cc2)CCC1)c1ccc(S(=O)(=O)NCc2ccco2)cc1. The van der Waals surface area contributed by atoms with E-state index in [1.54, 1.807) is 12.1 Å². The zero-order valence-electron chi connectivity index (χ0n) is 16.1. The maximum atomic E-state index is 12.8. The number of furan rings is 1. The molecule has 1 heterocycles. The summed E-state index contributed by atoms with van der Waals surface area (Å²) in [5.41, 5.74) is 1.02. The van der Waals surface area contributed by atoms with Gasteiger partial charge in [-0.05, 0) is 73.4 Å². The average molecular weight is 445 g/mol. The first kappa shape index (κ1) is 20.7. The van der Waals surface area contributed by atoms with Crippen LogP contribution in [0.15, 0.2) is 76.2 Å². The largest absolute Gasteiger partial charge is 0.468 e. The molecule has 1 aliphatic rings. The molecule has 2 N–H and O–H groups in total. The number of carbonyl (C=O) groups excluding carboxylic acids is 1. The van der Waals surface area contributed by atoms with Gasteiger partial charge in [0, 0.05) is 10.6 Å². The monoisotopic (exact) mass is 444 g/mol. The highest BCUT2D eigenvalue weighted by Gasteiger charge is 2.40. The molecule has 0 bridgehead atoms. The van der Waals surface area contributed by atoms with Crippen molar-refractivity contribution in [2.45, 2.75) is 36.2 Å². The van der Waals surface area contributed by atoms with Gasteiger partial charge in [0.2, 0.25) is 10.0 Å². The normalized spacial score (nSPS) is 15.4. The summed E-state index contributed by atoms with van der Waals surface area (Å²) in [5.74, 6) is 0.278. The van der Waals surface area contributed by atoms with E-state index < -0.39 is 15.6 Å². The Labute approximate surface area is 180 Å². The van der Waals surface area contributed by atoms with Crippen molar-refractivity contribution in [1.82, 2.24) is 10.0 Å². The fourth-order valence-electron chi connectivity index (χ4n) is 3.52. The van der Waals surface area contributed by atoms with Crippen molar-refractivity contribution >= 4 is 27.5 Å². The van der Waals surface area contributed by atoms with Gasteiger partial charge in [0.1, 0.15) is 5.76 Å². The van der Waals surface area contributed by atoms with Gasteiger partial charge >= 0.3 is 0 Å². The minimum absolute atomic E-state index is 0.0567. The van der Waals surface area contributed by atoms with Crippen molar-refractivity contribution in [1.29, 1.82) is 0 Å². The highest BCUT2D eigenvalue weighted by Crippen LogP contribution is 2.41. The van der Waals surface area contributed by atoms with Crippen LogP contribution in [-0.4, -0.2) is 14.3 Å². The molecule has 156 valence electrons. The molecule has 1 saturated carbocycles. The van der Waals surface area contributed by atoms with E-state index in [2.05, 4.69) is 10.0 Å². The molecule has 0 aliphatic heterocycles. The Morgan fingerprint density at radius 2 is 1.73 bits per heavy atom. The molecule has 2 aromatic carbocycles. The van der Waals surface area contributed by atoms with Crippen LogP contribution in [-0.2, 0) is 22.1 Å². The molecule has 0 unspecified atom stereocenters. The van der Waals surface area contributed by atoms with Crippen LogP contribution in [0.4, 0.5) is 0 Å². The van der Waals surface area contributed by atoms with Crippen LogP contribution < -0.4 is 10.0 Å². The average Bonchev–Trinajstić information content (AvgIpc) is 3.24. The van der Waals surface area contributed by atoms with E-state index in [1.165, 1.54) is 30.5 Å². The van der Waals surface area contributed by atoms with Crippen molar-refractivity contribution in [3.63, 3.8) is 0 Å². The van der Waals surface area contributed by atoms with E-state index >= 15 is 0 Å². The molecule has 30 heavy (non-hydrogen) atoms. The number of hydrogen-bond acceptors (Lipinski definition) is 4. The number of sulfonamides is 1. The molecular formula is C22H21ClN2O4S. The molecule has 3 aromatic rings. The third-order valence-electron chi connectivity index (χ3n) is 5.40. The lowest BCUT2D eigenvalue weighted by molar-refractivity contribution is 0.0823. The lowest BCUT2D eigenvalue weighted by atomic mass is 9.71. The summed E-state index contributed by atoms with van der Waals surface area (Å²) >= 11 is 5.98. The first-order valence-electron chi connectivity index (χ1n) is 9.59. The number of amides is 1. The molecule has 0 spiro atoms. The number of benzene rings is 2. The maximum Gasteiger partial charge on any atom is 0.251 e. The van der Waals surface area contributed by atoms with Gasteiger partial charge in [-0.2, -0.15) is 0 Å². The van der Waals surface area contributed by atoms with Gasteiger partial charge in [0.15, 0.2) is 0 Å². The van der Waals surface area contributed by atoms with E-state index in [1.807, 2.05) is 24.3 Å². The number of halogens is 1. The smallest absolute Gasteiger partial charge is 0.251 e. The molecule has 1 aromatic heterocycles. The summed E-state index contributed by atoms with van der Waals surface area (Å²) < 4.78 is 32.5. The second-order valence-electron chi connectivity index (χ2n) is 7.32. The summed E-state index contributed by atoms with van der Waals surface area (Å²) in [6.45, 7) is 0.0567. The topological polar surface area (TPSA) is 88.4 Å². The number of rotatable bonds is 7. The van der Waals surface area contributed by atoms with Gasteiger partial charge in [-0.3, -0.25) is 4.79 Å². The van der Waals surface area contributed by atoms with Gasteiger partial charge in [-0.25, -0.2) is 13.1 Å². The standard InChI is InChI=1S/C22H21ClN2O4S/c23-18-8-6-17(7-9-18)22(12-2-13-22)25-21(26)16-4-10-20(11-5-16)30(27,28)24-15-19-3-1-14-29-19/h1,3-11,14,24H,2,12-13,15H2,(H,25,26). The van der Waals surface area contributed by atoms with E-state index in [0.29, 0.717) is 16.3 Å². The van der Waals surface area contributed by atoms with Crippen LogP contribution in [0, 0.1) is 0 Å². The van der Waals surface area contributed by atoms with Gasteiger partial charge in [-0.15, -0.1) is 0 Å². The molecule has 0 saturated heterocycles. The molecule has 1 amide bonds. The third kappa shape index (κ3) is 4.28. The fourth-order valence-corrected chi connectivity index (χ4v) is 4.64. The Morgan fingerprint density at radius 1 is 1.03 bits per heavy atom. The molecule has 8 heteroatoms. The first-order valence-corrected chi connectivity index (χ1v) is 11.4. The predicted octanol–water partition coefficient (Wildman–Crippen LogP) is 4.22. The Morgan fingerprint density at radius 3 is 2.30 bits per heavy atom. The Kier molecular flexibility index (Phi) is 5.69.